The average molecular weight is 952 g/mol. The summed E-state index contributed by atoms with van der Waals surface area (Å²) in [6, 6.07) is 66.9. The van der Waals surface area contributed by atoms with Crippen molar-refractivity contribution in [3.63, 3.8) is 0 Å². The first-order valence-corrected chi connectivity index (χ1v) is 26.2. The van der Waals surface area contributed by atoms with Crippen molar-refractivity contribution in [1.82, 2.24) is 4.57 Å². The van der Waals surface area contributed by atoms with E-state index in [1.807, 2.05) is 13.0 Å². The van der Waals surface area contributed by atoms with Crippen molar-refractivity contribution in [3.05, 3.63) is 285 Å². The maximum Gasteiger partial charge on any atom is 0.116 e. The quantitative estimate of drug-likeness (QED) is 0.112. The molecule has 1 unspecified atom stereocenters. The Kier molecular flexibility index (Phi) is 11.3. The number of nitrogens with zero attached hydrogens (tertiary/aromatic N) is 1. The van der Waals surface area contributed by atoms with Crippen LogP contribution in [-0.4, -0.2) is 4.57 Å². The monoisotopic (exact) mass is 951 g/mol. The van der Waals surface area contributed by atoms with Crippen LogP contribution in [-0.2, 0) is 12.8 Å². The molecule has 3 aliphatic rings. The van der Waals surface area contributed by atoms with Gasteiger partial charge in [0.1, 0.15) is 5.82 Å². The van der Waals surface area contributed by atoms with Crippen molar-refractivity contribution in [1.29, 1.82) is 0 Å². The summed E-state index contributed by atoms with van der Waals surface area (Å²) in [5.41, 5.74) is 33.1. The van der Waals surface area contributed by atoms with E-state index in [1.165, 1.54) is 98.4 Å². The molecule has 0 spiro atoms. The number of nitrogen functional groups attached to an aromatic ring is 1. The summed E-state index contributed by atoms with van der Waals surface area (Å²) in [5.74, 6) is 0.890. The van der Waals surface area contributed by atoms with Crippen molar-refractivity contribution < 1.29 is 0 Å². The molecular weight excluding hydrogens is 895 g/mol. The molecule has 0 aliphatic heterocycles. The van der Waals surface area contributed by atoms with Crippen LogP contribution in [0.4, 0.5) is 5.82 Å². The summed E-state index contributed by atoms with van der Waals surface area (Å²) in [6.07, 6.45) is 22.0. The first-order valence-electron chi connectivity index (χ1n) is 26.2. The minimum Gasteiger partial charge on any atom is -0.398 e. The number of nitrogens with two attached hydrogens (primary N) is 2. The van der Waals surface area contributed by atoms with Crippen molar-refractivity contribution in [2.24, 2.45) is 11.7 Å². The Morgan fingerprint density at radius 2 is 1.36 bits per heavy atom. The van der Waals surface area contributed by atoms with Crippen molar-refractivity contribution in [3.8, 4) is 5.69 Å². The number of hydrogen-bond donors (Lipinski definition) is 2. The van der Waals surface area contributed by atoms with Crippen LogP contribution in [0, 0.1) is 5.92 Å². The Labute approximate surface area is 433 Å². The van der Waals surface area contributed by atoms with E-state index >= 15 is 0 Å². The van der Waals surface area contributed by atoms with E-state index < -0.39 is 0 Å². The van der Waals surface area contributed by atoms with Gasteiger partial charge in [0.25, 0.3) is 0 Å². The van der Waals surface area contributed by atoms with Gasteiger partial charge in [-0.15, -0.1) is 0 Å². The van der Waals surface area contributed by atoms with Gasteiger partial charge in [-0.1, -0.05) is 194 Å². The third-order valence-electron chi connectivity index (χ3n) is 15.8. The smallest absolute Gasteiger partial charge is 0.116 e. The molecule has 1 aromatic heterocycles. The van der Waals surface area contributed by atoms with Crippen LogP contribution in [0.25, 0.3) is 83.5 Å². The molecule has 1 atom stereocenters. The first-order chi connectivity index (χ1) is 36.4. The van der Waals surface area contributed by atoms with Crippen LogP contribution in [0.3, 0.4) is 0 Å². The van der Waals surface area contributed by atoms with E-state index in [4.69, 9.17) is 11.5 Å². The van der Waals surface area contributed by atoms with Crippen LogP contribution in [0.2, 0.25) is 0 Å². The largest absolute Gasteiger partial charge is 0.398 e. The Balaban J connectivity index is 0.877. The fourth-order valence-electron chi connectivity index (χ4n) is 12.4. The Hall–Kier alpha value is -8.92. The molecule has 0 saturated heterocycles. The number of hydrogen-bond acceptors (Lipinski definition) is 2. The summed E-state index contributed by atoms with van der Waals surface area (Å²) in [5, 5.41) is 11.5. The Morgan fingerprint density at radius 3 is 2.16 bits per heavy atom. The van der Waals surface area contributed by atoms with Crippen LogP contribution < -0.4 is 21.9 Å². The lowest BCUT2D eigenvalue weighted by Crippen LogP contribution is -2.38. The van der Waals surface area contributed by atoms with Crippen LogP contribution in [0.15, 0.2) is 230 Å². The molecule has 0 fully saturated rings. The lowest BCUT2D eigenvalue weighted by Gasteiger charge is -2.34. The van der Waals surface area contributed by atoms with Gasteiger partial charge in [-0.2, -0.15) is 0 Å². The van der Waals surface area contributed by atoms with E-state index in [0.717, 1.165) is 70.5 Å². The highest BCUT2D eigenvalue weighted by Gasteiger charge is 2.33. The molecule has 74 heavy (non-hydrogen) atoms. The maximum atomic E-state index is 6.91. The van der Waals surface area contributed by atoms with E-state index in [1.54, 1.807) is 0 Å². The van der Waals surface area contributed by atoms with Crippen molar-refractivity contribution in [2.45, 2.75) is 39.5 Å². The van der Waals surface area contributed by atoms with Gasteiger partial charge < -0.3 is 11.5 Å². The zero-order chi connectivity index (χ0) is 49.9. The fourth-order valence-corrected chi connectivity index (χ4v) is 12.4. The molecule has 3 aliphatic carbocycles. The van der Waals surface area contributed by atoms with Gasteiger partial charge in [0.2, 0.25) is 0 Å². The minimum absolute atomic E-state index is 0.146. The predicted octanol–water partition coefficient (Wildman–Crippen LogP) is 15.6. The molecule has 3 heteroatoms. The number of aromatic nitrogens is 1. The van der Waals surface area contributed by atoms with E-state index in [0.29, 0.717) is 0 Å². The van der Waals surface area contributed by atoms with Crippen LogP contribution in [0.5, 0.6) is 0 Å². The summed E-state index contributed by atoms with van der Waals surface area (Å²) >= 11 is 0. The molecule has 10 aromatic rings. The summed E-state index contributed by atoms with van der Waals surface area (Å²) in [6.45, 7) is 4.17. The van der Waals surface area contributed by atoms with Crippen LogP contribution in [0.1, 0.15) is 71.2 Å². The highest BCUT2D eigenvalue weighted by molar-refractivity contribution is 6.13. The number of benzene rings is 9. The number of allylic oxidation sites excluding steroid dienone is 9. The topological polar surface area (TPSA) is 57.0 Å². The second kappa shape index (κ2) is 18.6. The third-order valence-corrected chi connectivity index (χ3v) is 15.8. The standard InChI is InChI=1S/C71H57N3/c1-3-17-62-63-41-46(32-39-68(63)74(71(62)73)52-20-5-4-6-21-52)31-30-45(2)40-67(72)48-35-33-47(34-36-48)49-37-38-61-66(42-49)70(65-44-51-19-8-10-23-54(51)56-25-12-14-27-58(56)65)60-29-16-15-28-59(60)69(61)64-43-50-18-7-9-22-53(50)55-24-11-13-26-57(55)64/h3-13,15-26,28-30,32-37,39-44,61H,14,27,31,38,72-73H2,1-2H3/b17-3-,45-30-,67-40-. The molecule has 1 heterocycles. The molecule has 0 saturated carbocycles. The Morgan fingerprint density at radius 1 is 0.676 bits per heavy atom. The number of fused-ring (bicyclic) bond motifs is 9. The molecule has 356 valence electrons. The SMILES string of the molecule is C/C=C\c1c(N)n(-c2ccccc2)c2ccc(C/C=C(C)\C=C(/N)c3ccc(C4=CCC5C(=C4)C(c4cc6ccccc6c6c4CCC=C6)=c4ccccc4=C5c4cc5ccccc5c5ccccc45)cc3)cc12. The lowest BCUT2D eigenvalue weighted by molar-refractivity contribution is 0.801. The molecule has 0 radical (unpaired) electrons. The predicted molar refractivity (Wildman–Crippen MR) is 316 cm³/mol. The number of para-hydroxylation sites is 1. The average Bonchev–Trinajstić information content (AvgIpc) is 3.75. The highest BCUT2D eigenvalue weighted by Crippen LogP contribution is 2.47. The summed E-state index contributed by atoms with van der Waals surface area (Å²) < 4.78 is 2.15. The van der Waals surface area contributed by atoms with E-state index in [-0.39, 0.29) is 5.92 Å². The van der Waals surface area contributed by atoms with Gasteiger partial charge in [-0.3, -0.25) is 4.57 Å². The van der Waals surface area contributed by atoms with Gasteiger partial charge >= 0.3 is 0 Å². The summed E-state index contributed by atoms with van der Waals surface area (Å²) in [4.78, 5) is 0. The molecule has 3 nitrogen and oxygen atoms in total. The molecule has 0 bridgehead atoms. The highest BCUT2D eigenvalue weighted by atomic mass is 15.1. The van der Waals surface area contributed by atoms with Crippen molar-refractivity contribution >= 4 is 83.6 Å². The molecule has 0 amide bonds. The van der Waals surface area contributed by atoms with Gasteiger partial charge in [-0.05, 0) is 186 Å². The first kappa shape index (κ1) is 45.0. The normalized spacial score (nSPS) is 15.7. The lowest BCUT2D eigenvalue weighted by atomic mass is 9.69. The molecule has 4 N–H and O–H groups in total. The second-order valence-electron chi connectivity index (χ2n) is 20.2. The zero-order valence-corrected chi connectivity index (χ0v) is 41.9. The Bertz CT molecular complexity index is 4260. The second-order valence-corrected chi connectivity index (χ2v) is 20.2. The maximum absolute atomic E-state index is 6.91. The van der Waals surface area contributed by atoms with E-state index in [9.17, 15) is 0 Å². The summed E-state index contributed by atoms with van der Waals surface area (Å²) in [7, 11) is 0. The molecule has 9 aromatic carbocycles. The minimum atomic E-state index is 0.146. The van der Waals surface area contributed by atoms with Crippen molar-refractivity contribution in [2.75, 3.05) is 5.73 Å². The van der Waals surface area contributed by atoms with Gasteiger partial charge in [-0.25, -0.2) is 0 Å². The fraction of sp³-hybridized carbons (Fsp3) is 0.0986. The number of anilines is 1. The van der Waals surface area contributed by atoms with Gasteiger partial charge in [0.15, 0.2) is 0 Å². The number of rotatable bonds is 9. The molecular formula is C71H57N3. The van der Waals surface area contributed by atoms with E-state index in [2.05, 4.69) is 236 Å². The van der Waals surface area contributed by atoms with Gasteiger partial charge in [0.05, 0.1) is 5.52 Å². The molecule has 13 rings (SSSR count). The van der Waals surface area contributed by atoms with Crippen LogP contribution >= 0.6 is 0 Å². The zero-order valence-electron chi connectivity index (χ0n) is 41.9. The van der Waals surface area contributed by atoms with Gasteiger partial charge in [0, 0.05) is 28.3 Å². The third kappa shape index (κ3) is 7.67.